The number of anilines is 2. The minimum absolute atomic E-state index is 0.0768. The second-order valence-electron chi connectivity index (χ2n) is 14.9. The summed E-state index contributed by atoms with van der Waals surface area (Å²) in [6.45, 7) is 4.74. The summed E-state index contributed by atoms with van der Waals surface area (Å²) < 4.78 is 2.38. The highest BCUT2D eigenvalue weighted by molar-refractivity contribution is 6.10. The third-order valence-corrected chi connectivity index (χ3v) is 11.5. The van der Waals surface area contributed by atoms with E-state index in [0.717, 1.165) is 6.42 Å². The van der Waals surface area contributed by atoms with Crippen LogP contribution in [0.5, 0.6) is 0 Å². The summed E-state index contributed by atoms with van der Waals surface area (Å²) >= 11 is 0. The van der Waals surface area contributed by atoms with Crippen molar-refractivity contribution in [2.75, 3.05) is 4.90 Å². The number of para-hydroxylation sites is 2. The first-order valence-electron chi connectivity index (χ1n) is 18.7. The van der Waals surface area contributed by atoms with Gasteiger partial charge >= 0.3 is 0 Å². The molecule has 0 radical (unpaired) electrons. The lowest BCUT2D eigenvalue weighted by atomic mass is 9.82. The number of fused-ring (bicyclic) bond motifs is 6. The van der Waals surface area contributed by atoms with Crippen LogP contribution in [0.25, 0.3) is 55.3 Å². The second kappa shape index (κ2) is 12.4. The largest absolute Gasteiger partial charge is 0.334 e. The van der Waals surface area contributed by atoms with Crippen LogP contribution in [0, 0.1) is 0 Å². The van der Waals surface area contributed by atoms with Gasteiger partial charge in [0, 0.05) is 33.2 Å². The molecule has 1 atom stereocenters. The van der Waals surface area contributed by atoms with Gasteiger partial charge in [-0.25, -0.2) is 0 Å². The molecule has 1 heterocycles. The van der Waals surface area contributed by atoms with Crippen molar-refractivity contribution in [2.24, 2.45) is 0 Å². The molecule has 0 amide bonds. The molecule has 7 aromatic carbocycles. The maximum Gasteiger partial charge on any atom is 0.0560 e. The number of allylic oxidation sites excluding steroid dienone is 2. The lowest BCUT2D eigenvalue weighted by Crippen LogP contribution is -2.30. The molecule has 1 unspecified atom stereocenters. The second-order valence-corrected chi connectivity index (χ2v) is 14.9. The van der Waals surface area contributed by atoms with Crippen LogP contribution in [0.1, 0.15) is 37.0 Å². The van der Waals surface area contributed by atoms with Crippen molar-refractivity contribution >= 4 is 38.8 Å². The minimum atomic E-state index is -0.0768. The van der Waals surface area contributed by atoms with Crippen LogP contribution in [-0.4, -0.2) is 10.6 Å². The van der Waals surface area contributed by atoms with Crippen LogP contribution in [0.3, 0.4) is 0 Å². The highest BCUT2D eigenvalue weighted by atomic mass is 15.2. The van der Waals surface area contributed by atoms with Gasteiger partial charge in [-0.3, -0.25) is 0 Å². The number of hydrogen-bond donors (Lipinski definition) is 0. The lowest BCUT2D eigenvalue weighted by molar-refractivity contribution is 0.659. The molecule has 254 valence electrons. The van der Waals surface area contributed by atoms with E-state index in [-0.39, 0.29) is 11.5 Å². The standard InChI is InChI=1S/C51H40N2/c1-51(2)47-22-11-9-20-43(47)44-30-29-42(34-48(44)51)52(40-27-24-36(25-28-40)35-14-5-3-6-15-35)41-19-13-16-37(32-41)38-26-31-50-46(33-38)45-21-10-12-23-49(45)53(50)39-17-7-4-8-18-39/h3-27,29-34,40H,28H2,1-2H3. The van der Waals surface area contributed by atoms with Crippen LogP contribution in [0.2, 0.25) is 0 Å². The van der Waals surface area contributed by atoms with E-state index in [1.54, 1.807) is 0 Å². The molecule has 2 nitrogen and oxygen atoms in total. The van der Waals surface area contributed by atoms with Gasteiger partial charge in [-0.1, -0.05) is 147 Å². The van der Waals surface area contributed by atoms with Gasteiger partial charge in [0.15, 0.2) is 0 Å². The Kier molecular flexibility index (Phi) is 7.33. The number of rotatable bonds is 6. The minimum Gasteiger partial charge on any atom is -0.334 e. The van der Waals surface area contributed by atoms with Gasteiger partial charge < -0.3 is 9.47 Å². The van der Waals surface area contributed by atoms with E-state index in [1.165, 1.54) is 83.4 Å². The molecule has 53 heavy (non-hydrogen) atoms. The van der Waals surface area contributed by atoms with Crippen LogP contribution >= 0.6 is 0 Å². The molecule has 10 rings (SSSR count). The first-order chi connectivity index (χ1) is 26.0. The predicted octanol–water partition coefficient (Wildman–Crippen LogP) is 13.3. The molecule has 0 spiro atoms. The summed E-state index contributed by atoms with van der Waals surface area (Å²) in [4.78, 5) is 2.55. The Morgan fingerprint density at radius 3 is 2.04 bits per heavy atom. The summed E-state index contributed by atoms with van der Waals surface area (Å²) in [7, 11) is 0. The Morgan fingerprint density at radius 1 is 0.528 bits per heavy atom. The highest BCUT2D eigenvalue weighted by Gasteiger charge is 2.36. The van der Waals surface area contributed by atoms with E-state index in [1.807, 2.05) is 0 Å². The molecule has 0 saturated heterocycles. The van der Waals surface area contributed by atoms with Crippen LogP contribution in [0.4, 0.5) is 11.4 Å². The Labute approximate surface area is 311 Å². The lowest BCUT2D eigenvalue weighted by Gasteiger charge is -2.34. The summed E-state index contributed by atoms with van der Waals surface area (Å²) in [5.41, 5.74) is 16.4. The van der Waals surface area contributed by atoms with Gasteiger partial charge in [0.25, 0.3) is 0 Å². The fourth-order valence-corrected chi connectivity index (χ4v) is 8.86. The third-order valence-electron chi connectivity index (χ3n) is 11.5. The molecular formula is C51H40N2. The summed E-state index contributed by atoms with van der Waals surface area (Å²) in [5, 5.41) is 2.53. The van der Waals surface area contributed by atoms with Crippen molar-refractivity contribution in [1.29, 1.82) is 0 Å². The Morgan fingerprint density at radius 2 is 1.21 bits per heavy atom. The smallest absolute Gasteiger partial charge is 0.0560 e. The zero-order valence-corrected chi connectivity index (χ0v) is 30.1. The van der Waals surface area contributed by atoms with E-state index in [0.29, 0.717) is 0 Å². The zero-order chi connectivity index (χ0) is 35.5. The molecule has 8 aromatic rings. The first-order valence-corrected chi connectivity index (χ1v) is 18.7. The highest BCUT2D eigenvalue weighted by Crippen LogP contribution is 2.50. The van der Waals surface area contributed by atoms with Gasteiger partial charge in [0.1, 0.15) is 0 Å². The molecule has 0 bridgehead atoms. The topological polar surface area (TPSA) is 8.17 Å². The molecule has 2 aliphatic rings. The Balaban J connectivity index is 1.09. The van der Waals surface area contributed by atoms with Crippen LogP contribution in [0.15, 0.2) is 188 Å². The Hall–Kier alpha value is -6.38. The van der Waals surface area contributed by atoms with Crippen molar-refractivity contribution < 1.29 is 0 Å². The van der Waals surface area contributed by atoms with E-state index in [2.05, 4.69) is 211 Å². The van der Waals surface area contributed by atoms with E-state index in [9.17, 15) is 0 Å². The number of benzene rings is 7. The molecule has 2 heteroatoms. The van der Waals surface area contributed by atoms with Crippen molar-refractivity contribution in [2.45, 2.75) is 31.7 Å². The average molecular weight is 681 g/mol. The first kappa shape index (κ1) is 31.4. The number of nitrogens with zero attached hydrogens (tertiary/aromatic N) is 2. The van der Waals surface area contributed by atoms with Gasteiger partial charge in [-0.15, -0.1) is 0 Å². The number of hydrogen-bond acceptors (Lipinski definition) is 1. The quantitative estimate of drug-likeness (QED) is 0.170. The average Bonchev–Trinajstić information content (AvgIpc) is 3.67. The summed E-state index contributed by atoms with van der Waals surface area (Å²) in [5.74, 6) is 0. The molecule has 1 aromatic heterocycles. The van der Waals surface area contributed by atoms with Crippen molar-refractivity contribution in [3.05, 3.63) is 205 Å². The van der Waals surface area contributed by atoms with Crippen LogP contribution in [-0.2, 0) is 5.41 Å². The molecule has 2 aliphatic carbocycles. The predicted molar refractivity (Wildman–Crippen MR) is 224 cm³/mol. The molecular weight excluding hydrogens is 641 g/mol. The molecule has 0 saturated carbocycles. The number of aromatic nitrogens is 1. The van der Waals surface area contributed by atoms with Gasteiger partial charge in [0.05, 0.1) is 17.1 Å². The van der Waals surface area contributed by atoms with Crippen LogP contribution < -0.4 is 4.90 Å². The summed E-state index contributed by atoms with van der Waals surface area (Å²) in [6, 6.07) is 62.5. The maximum absolute atomic E-state index is 2.55. The molecule has 0 N–H and O–H groups in total. The van der Waals surface area contributed by atoms with Gasteiger partial charge in [-0.05, 0) is 106 Å². The fraction of sp³-hybridized carbons (Fsp3) is 0.0980. The van der Waals surface area contributed by atoms with Crippen molar-refractivity contribution in [1.82, 2.24) is 4.57 Å². The van der Waals surface area contributed by atoms with E-state index in [4.69, 9.17) is 0 Å². The zero-order valence-electron chi connectivity index (χ0n) is 30.1. The SMILES string of the molecule is CC1(C)c2ccccc2-c2ccc(N(c3cccc(-c4ccc5c(c4)c4ccccc4n5-c4ccccc4)c3)C3C=CC(c4ccccc4)=CC3)cc21. The fourth-order valence-electron chi connectivity index (χ4n) is 8.86. The Bertz CT molecular complexity index is 2730. The van der Waals surface area contributed by atoms with Crippen molar-refractivity contribution in [3.63, 3.8) is 0 Å². The monoisotopic (exact) mass is 680 g/mol. The molecule has 0 fully saturated rings. The summed E-state index contributed by atoms with van der Waals surface area (Å²) in [6.07, 6.45) is 8.02. The normalized spacial score (nSPS) is 15.7. The van der Waals surface area contributed by atoms with E-state index >= 15 is 0 Å². The van der Waals surface area contributed by atoms with Crippen molar-refractivity contribution in [3.8, 4) is 27.9 Å². The molecule has 0 aliphatic heterocycles. The van der Waals surface area contributed by atoms with E-state index < -0.39 is 0 Å². The van der Waals surface area contributed by atoms with Gasteiger partial charge in [-0.2, -0.15) is 0 Å². The maximum atomic E-state index is 2.55. The van der Waals surface area contributed by atoms with Gasteiger partial charge in [0.2, 0.25) is 0 Å². The third kappa shape index (κ3) is 5.17.